The minimum Gasteiger partial charge on any atom is -0.351 e. The van der Waals surface area contributed by atoms with Crippen LogP contribution in [0.25, 0.3) is 0 Å². The van der Waals surface area contributed by atoms with E-state index in [2.05, 4.69) is 10.3 Å². The Labute approximate surface area is 102 Å². The van der Waals surface area contributed by atoms with Crippen LogP contribution < -0.4 is 11.1 Å². The first-order valence-electron chi connectivity index (χ1n) is 5.03. The minimum atomic E-state index is -0.438. The fourth-order valence-corrected chi connectivity index (χ4v) is 1.11. The molecule has 0 fully saturated rings. The van der Waals surface area contributed by atoms with Gasteiger partial charge in [0.05, 0.1) is 6.04 Å². The van der Waals surface area contributed by atoms with Gasteiger partial charge in [-0.05, 0) is 23.6 Å². The highest BCUT2D eigenvalue weighted by Crippen LogP contribution is 1.99. The summed E-state index contributed by atoms with van der Waals surface area (Å²) in [4.78, 5) is 15.4. The van der Waals surface area contributed by atoms with E-state index in [0.29, 0.717) is 6.54 Å². The zero-order chi connectivity index (χ0) is 11.3. The van der Waals surface area contributed by atoms with Crippen molar-refractivity contribution in [2.24, 2.45) is 11.7 Å². The first kappa shape index (κ1) is 14.9. The molecular formula is C11H18ClN3O. The summed E-state index contributed by atoms with van der Waals surface area (Å²) in [6, 6.07) is 3.29. The lowest BCUT2D eigenvalue weighted by molar-refractivity contribution is -0.123. The van der Waals surface area contributed by atoms with Gasteiger partial charge in [0, 0.05) is 18.9 Å². The van der Waals surface area contributed by atoms with Crippen molar-refractivity contribution in [1.29, 1.82) is 0 Å². The number of nitrogens with one attached hydrogen (secondary N) is 1. The van der Waals surface area contributed by atoms with Crippen LogP contribution in [0.2, 0.25) is 0 Å². The van der Waals surface area contributed by atoms with Gasteiger partial charge in [-0.1, -0.05) is 13.8 Å². The van der Waals surface area contributed by atoms with Crippen molar-refractivity contribution in [2.45, 2.75) is 26.4 Å². The number of halogens is 1. The summed E-state index contributed by atoms with van der Waals surface area (Å²) in [5.41, 5.74) is 6.72. The van der Waals surface area contributed by atoms with Gasteiger partial charge in [-0.15, -0.1) is 12.4 Å². The van der Waals surface area contributed by atoms with E-state index in [4.69, 9.17) is 5.73 Å². The molecule has 1 amide bonds. The van der Waals surface area contributed by atoms with Crippen molar-refractivity contribution in [1.82, 2.24) is 10.3 Å². The number of carbonyl (C=O) groups is 1. The van der Waals surface area contributed by atoms with E-state index >= 15 is 0 Å². The summed E-state index contributed by atoms with van der Waals surface area (Å²) in [7, 11) is 0. The van der Waals surface area contributed by atoms with Crippen molar-refractivity contribution in [3.63, 3.8) is 0 Å². The van der Waals surface area contributed by atoms with E-state index in [1.807, 2.05) is 26.0 Å². The summed E-state index contributed by atoms with van der Waals surface area (Å²) in [6.45, 7) is 4.36. The molecule has 4 nitrogen and oxygen atoms in total. The van der Waals surface area contributed by atoms with Gasteiger partial charge >= 0.3 is 0 Å². The lowest BCUT2D eigenvalue weighted by Gasteiger charge is -2.15. The average Bonchev–Trinajstić information content (AvgIpc) is 2.26. The fraction of sp³-hybridized carbons (Fsp3) is 0.455. The van der Waals surface area contributed by atoms with Crippen LogP contribution >= 0.6 is 12.4 Å². The normalized spacial score (nSPS) is 11.8. The van der Waals surface area contributed by atoms with Gasteiger partial charge in [-0.25, -0.2) is 0 Å². The van der Waals surface area contributed by atoms with Crippen LogP contribution in [0.4, 0.5) is 0 Å². The molecule has 5 heteroatoms. The van der Waals surface area contributed by atoms with Crippen LogP contribution in [0.5, 0.6) is 0 Å². The molecular weight excluding hydrogens is 226 g/mol. The first-order valence-corrected chi connectivity index (χ1v) is 5.03. The van der Waals surface area contributed by atoms with Crippen molar-refractivity contribution < 1.29 is 4.79 Å². The van der Waals surface area contributed by atoms with Crippen molar-refractivity contribution >= 4 is 18.3 Å². The second kappa shape index (κ2) is 7.19. The Morgan fingerprint density at radius 3 is 2.50 bits per heavy atom. The Morgan fingerprint density at radius 1 is 1.44 bits per heavy atom. The van der Waals surface area contributed by atoms with Crippen LogP contribution in [0.3, 0.4) is 0 Å². The van der Waals surface area contributed by atoms with Gasteiger partial charge in [0.15, 0.2) is 0 Å². The SMILES string of the molecule is CC(C)[C@@H](N)C(=O)NCc1ccncc1.Cl. The molecule has 0 aliphatic rings. The van der Waals surface area contributed by atoms with E-state index in [0.717, 1.165) is 5.56 Å². The summed E-state index contributed by atoms with van der Waals surface area (Å²) >= 11 is 0. The highest BCUT2D eigenvalue weighted by Gasteiger charge is 2.16. The van der Waals surface area contributed by atoms with Gasteiger partial charge in [-0.3, -0.25) is 9.78 Å². The number of aromatic nitrogens is 1. The summed E-state index contributed by atoms with van der Waals surface area (Å²) in [5.74, 6) is 0.0456. The molecule has 1 aromatic rings. The average molecular weight is 244 g/mol. The fourth-order valence-electron chi connectivity index (χ4n) is 1.11. The van der Waals surface area contributed by atoms with E-state index in [1.54, 1.807) is 12.4 Å². The Kier molecular flexibility index (Phi) is 6.69. The maximum Gasteiger partial charge on any atom is 0.237 e. The molecule has 0 aliphatic heterocycles. The third-order valence-electron chi connectivity index (χ3n) is 2.24. The molecule has 16 heavy (non-hydrogen) atoms. The highest BCUT2D eigenvalue weighted by molar-refractivity contribution is 5.85. The van der Waals surface area contributed by atoms with Crippen LogP contribution in [0.15, 0.2) is 24.5 Å². The molecule has 0 bridgehead atoms. The topological polar surface area (TPSA) is 68.0 Å². The predicted octanol–water partition coefficient (Wildman–Crippen LogP) is 1.10. The van der Waals surface area contributed by atoms with Crippen molar-refractivity contribution in [3.05, 3.63) is 30.1 Å². The van der Waals surface area contributed by atoms with Crippen LogP contribution in [0, 0.1) is 5.92 Å². The molecule has 0 saturated heterocycles. The van der Waals surface area contributed by atoms with Gasteiger partial charge in [0.2, 0.25) is 5.91 Å². The molecule has 0 spiro atoms. The molecule has 0 aromatic carbocycles. The molecule has 0 saturated carbocycles. The Balaban J connectivity index is 0.00000225. The number of hydrogen-bond donors (Lipinski definition) is 2. The Hall–Kier alpha value is -1.13. The molecule has 0 aliphatic carbocycles. The summed E-state index contributed by atoms with van der Waals surface area (Å²) in [6.07, 6.45) is 3.40. The maximum atomic E-state index is 11.5. The largest absolute Gasteiger partial charge is 0.351 e. The number of hydrogen-bond acceptors (Lipinski definition) is 3. The Bertz CT molecular complexity index is 316. The number of amides is 1. The summed E-state index contributed by atoms with van der Waals surface area (Å²) < 4.78 is 0. The first-order chi connectivity index (χ1) is 7.11. The van der Waals surface area contributed by atoms with Gasteiger partial charge in [0.25, 0.3) is 0 Å². The number of pyridine rings is 1. The second-order valence-corrected chi connectivity index (χ2v) is 3.84. The van der Waals surface area contributed by atoms with Crippen LogP contribution in [-0.4, -0.2) is 16.9 Å². The smallest absolute Gasteiger partial charge is 0.237 e. The van der Waals surface area contributed by atoms with Crippen molar-refractivity contribution in [2.75, 3.05) is 0 Å². The van der Waals surface area contributed by atoms with E-state index in [9.17, 15) is 4.79 Å². The molecule has 3 N–H and O–H groups in total. The Morgan fingerprint density at radius 2 is 2.00 bits per heavy atom. The monoisotopic (exact) mass is 243 g/mol. The molecule has 0 unspecified atom stereocenters. The standard InChI is InChI=1S/C11H17N3O.ClH/c1-8(2)10(12)11(15)14-7-9-3-5-13-6-4-9;/h3-6,8,10H,7,12H2,1-2H3,(H,14,15);1H/t10-;/m1./s1. The molecule has 1 aromatic heterocycles. The highest BCUT2D eigenvalue weighted by atomic mass is 35.5. The molecule has 1 rings (SSSR count). The third-order valence-corrected chi connectivity index (χ3v) is 2.24. The molecule has 90 valence electrons. The van der Waals surface area contributed by atoms with Crippen molar-refractivity contribution in [3.8, 4) is 0 Å². The van der Waals surface area contributed by atoms with Gasteiger partial charge < -0.3 is 11.1 Å². The van der Waals surface area contributed by atoms with E-state index in [1.165, 1.54) is 0 Å². The molecule has 1 atom stereocenters. The zero-order valence-corrected chi connectivity index (χ0v) is 10.3. The number of carbonyl (C=O) groups excluding carboxylic acids is 1. The lowest BCUT2D eigenvalue weighted by atomic mass is 10.1. The maximum absolute atomic E-state index is 11.5. The minimum absolute atomic E-state index is 0. The number of nitrogens with two attached hydrogens (primary N) is 1. The predicted molar refractivity (Wildman–Crippen MR) is 66.1 cm³/mol. The third kappa shape index (κ3) is 4.59. The lowest BCUT2D eigenvalue weighted by Crippen LogP contribution is -2.43. The van der Waals surface area contributed by atoms with E-state index in [-0.39, 0.29) is 24.2 Å². The van der Waals surface area contributed by atoms with E-state index < -0.39 is 6.04 Å². The quantitative estimate of drug-likeness (QED) is 0.832. The molecule has 1 heterocycles. The second-order valence-electron chi connectivity index (χ2n) is 3.84. The zero-order valence-electron chi connectivity index (χ0n) is 9.51. The number of rotatable bonds is 4. The summed E-state index contributed by atoms with van der Waals surface area (Å²) in [5, 5.41) is 2.79. The van der Waals surface area contributed by atoms with Crippen LogP contribution in [-0.2, 0) is 11.3 Å². The molecule has 0 radical (unpaired) electrons. The van der Waals surface area contributed by atoms with Crippen LogP contribution in [0.1, 0.15) is 19.4 Å². The van der Waals surface area contributed by atoms with Gasteiger partial charge in [0.1, 0.15) is 0 Å². The van der Waals surface area contributed by atoms with Gasteiger partial charge in [-0.2, -0.15) is 0 Å². The number of nitrogens with zero attached hydrogens (tertiary/aromatic N) is 1.